The number of ether oxygens (including phenoxy) is 3. The van der Waals surface area contributed by atoms with Gasteiger partial charge in [-0.15, -0.1) is 0 Å². The fourth-order valence-corrected chi connectivity index (χ4v) is 3.08. The Morgan fingerprint density at radius 3 is 2.16 bits per heavy atom. The van der Waals surface area contributed by atoms with Gasteiger partial charge in [-0.2, -0.15) is 0 Å². The number of aryl methyl sites for hydroxylation is 1. The van der Waals surface area contributed by atoms with Crippen molar-refractivity contribution >= 4 is 11.8 Å². The highest BCUT2D eigenvalue weighted by Crippen LogP contribution is 2.24. The third-order valence-electron chi connectivity index (χ3n) is 4.85. The van der Waals surface area contributed by atoms with E-state index in [4.69, 9.17) is 18.6 Å². The molecule has 0 spiro atoms. The minimum atomic E-state index is -0.277. The van der Waals surface area contributed by atoms with Crippen molar-refractivity contribution in [2.45, 2.75) is 33.4 Å². The predicted molar refractivity (Wildman–Crippen MR) is 116 cm³/mol. The molecule has 0 unspecified atom stereocenters. The van der Waals surface area contributed by atoms with Crippen molar-refractivity contribution in [2.24, 2.45) is 0 Å². The van der Waals surface area contributed by atoms with Crippen LogP contribution in [0.5, 0.6) is 11.5 Å². The highest BCUT2D eigenvalue weighted by molar-refractivity contribution is 5.97. The number of benzene rings is 1. The predicted octanol–water partition coefficient (Wildman–Crippen LogP) is 3.13. The lowest BCUT2D eigenvalue weighted by Crippen LogP contribution is -2.46. The molecule has 0 aliphatic rings. The molecule has 0 bridgehead atoms. The molecule has 0 saturated heterocycles. The monoisotopic (exact) mass is 432 g/mol. The minimum absolute atomic E-state index is 0.0700. The van der Waals surface area contributed by atoms with Crippen LogP contribution in [0.2, 0.25) is 0 Å². The zero-order chi connectivity index (χ0) is 23.0. The fourth-order valence-electron chi connectivity index (χ4n) is 3.08. The van der Waals surface area contributed by atoms with E-state index >= 15 is 0 Å². The molecule has 1 aromatic heterocycles. The second-order valence-electron chi connectivity index (χ2n) is 7.45. The van der Waals surface area contributed by atoms with E-state index in [1.165, 1.54) is 19.1 Å². The highest BCUT2D eigenvalue weighted by atomic mass is 16.5. The van der Waals surface area contributed by atoms with E-state index in [2.05, 4.69) is 0 Å². The Balaban J connectivity index is 2.22. The number of hydrogen-bond acceptors (Lipinski definition) is 6. The average Bonchev–Trinajstić information content (AvgIpc) is 3.18. The molecule has 170 valence electrons. The number of carbonyl (C=O) groups is 2. The minimum Gasteiger partial charge on any atom is -0.497 e. The van der Waals surface area contributed by atoms with E-state index in [0.717, 1.165) is 5.76 Å². The molecular formula is C23H32N2O6. The van der Waals surface area contributed by atoms with Crippen LogP contribution in [0.1, 0.15) is 35.7 Å². The van der Waals surface area contributed by atoms with Crippen molar-refractivity contribution in [1.29, 1.82) is 0 Å². The lowest BCUT2D eigenvalue weighted by atomic mass is 10.1. The van der Waals surface area contributed by atoms with Crippen molar-refractivity contribution in [3.63, 3.8) is 0 Å². The van der Waals surface area contributed by atoms with Crippen LogP contribution in [0.3, 0.4) is 0 Å². The van der Waals surface area contributed by atoms with Gasteiger partial charge in [-0.1, -0.05) is 0 Å². The van der Waals surface area contributed by atoms with E-state index in [0.29, 0.717) is 42.5 Å². The highest BCUT2D eigenvalue weighted by Gasteiger charge is 2.26. The van der Waals surface area contributed by atoms with Gasteiger partial charge < -0.3 is 28.4 Å². The smallest absolute Gasteiger partial charge is 0.254 e. The number of carbonyl (C=O) groups excluding carboxylic acids is 2. The molecule has 0 atom stereocenters. The Labute approximate surface area is 183 Å². The quantitative estimate of drug-likeness (QED) is 0.543. The normalized spacial score (nSPS) is 10.8. The topological polar surface area (TPSA) is 81.5 Å². The molecule has 0 N–H and O–H groups in total. The molecule has 2 rings (SSSR count). The Bertz CT molecular complexity index is 854. The summed E-state index contributed by atoms with van der Waals surface area (Å²) in [5, 5.41) is 0. The molecule has 0 aliphatic heterocycles. The second-order valence-corrected chi connectivity index (χ2v) is 7.45. The van der Waals surface area contributed by atoms with Gasteiger partial charge in [0.1, 0.15) is 29.6 Å². The molecule has 0 aliphatic carbocycles. The number of methoxy groups -OCH3 is 3. The molecule has 1 aromatic carbocycles. The summed E-state index contributed by atoms with van der Waals surface area (Å²) in [7, 11) is 4.63. The first-order chi connectivity index (χ1) is 14.8. The maximum Gasteiger partial charge on any atom is 0.254 e. The number of rotatable bonds is 11. The van der Waals surface area contributed by atoms with Crippen LogP contribution >= 0.6 is 0 Å². The molecule has 8 nitrogen and oxygen atoms in total. The van der Waals surface area contributed by atoms with Crippen LogP contribution in [0.15, 0.2) is 34.7 Å². The van der Waals surface area contributed by atoms with Gasteiger partial charge in [0.15, 0.2) is 0 Å². The third kappa shape index (κ3) is 6.75. The van der Waals surface area contributed by atoms with Gasteiger partial charge in [-0.25, -0.2) is 0 Å². The summed E-state index contributed by atoms with van der Waals surface area (Å²) in [6.45, 7) is 6.61. The first kappa shape index (κ1) is 24.3. The largest absolute Gasteiger partial charge is 0.497 e. The van der Waals surface area contributed by atoms with Crippen molar-refractivity contribution in [3.8, 4) is 11.5 Å². The summed E-state index contributed by atoms with van der Waals surface area (Å²) >= 11 is 0. The van der Waals surface area contributed by atoms with Crippen LogP contribution in [-0.4, -0.2) is 68.7 Å². The number of furan rings is 1. The van der Waals surface area contributed by atoms with E-state index in [1.807, 2.05) is 32.9 Å². The Morgan fingerprint density at radius 1 is 1.03 bits per heavy atom. The van der Waals surface area contributed by atoms with Crippen LogP contribution in [0.25, 0.3) is 0 Å². The summed E-state index contributed by atoms with van der Waals surface area (Å²) in [6.07, 6.45) is 0. The molecular weight excluding hydrogens is 400 g/mol. The Hall–Kier alpha value is -3.00. The maximum absolute atomic E-state index is 13.3. The number of amides is 2. The van der Waals surface area contributed by atoms with Gasteiger partial charge in [-0.05, 0) is 45.0 Å². The Kier molecular flexibility index (Phi) is 8.93. The number of hydrogen-bond donors (Lipinski definition) is 0. The zero-order valence-electron chi connectivity index (χ0n) is 19.1. The standard InChI is InChI=1S/C23H32N2O6/c1-16(2)25(23(27)18-11-20(29-5)13-21(12-18)30-6)15-22(26)24(9-10-28-4)14-19-8-7-17(3)31-19/h7-8,11-13,16H,9-10,14-15H2,1-6H3. The van der Waals surface area contributed by atoms with Gasteiger partial charge in [0, 0.05) is 31.3 Å². The third-order valence-corrected chi connectivity index (χ3v) is 4.85. The van der Waals surface area contributed by atoms with Crippen molar-refractivity contribution in [1.82, 2.24) is 9.80 Å². The van der Waals surface area contributed by atoms with E-state index < -0.39 is 0 Å². The summed E-state index contributed by atoms with van der Waals surface area (Å²) in [5.74, 6) is 2.01. The molecule has 8 heteroatoms. The molecule has 2 aromatic rings. The SMILES string of the molecule is COCCN(Cc1ccc(C)o1)C(=O)CN(C(=O)c1cc(OC)cc(OC)c1)C(C)C. The van der Waals surface area contributed by atoms with Gasteiger partial charge in [0.2, 0.25) is 5.91 Å². The molecule has 31 heavy (non-hydrogen) atoms. The first-order valence-corrected chi connectivity index (χ1v) is 10.1. The van der Waals surface area contributed by atoms with E-state index in [9.17, 15) is 9.59 Å². The van der Waals surface area contributed by atoms with Crippen LogP contribution in [0.4, 0.5) is 0 Å². The van der Waals surface area contributed by atoms with Gasteiger partial charge in [-0.3, -0.25) is 9.59 Å². The molecule has 1 heterocycles. The van der Waals surface area contributed by atoms with Crippen LogP contribution < -0.4 is 9.47 Å². The van der Waals surface area contributed by atoms with E-state index in [1.54, 1.807) is 30.2 Å². The first-order valence-electron chi connectivity index (χ1n) is 10.1. The molecule has 0 radical (unpaired) electrons. The maximum atomic E-state index is 13.3. The second kappa shape index (κ2) is 11.4. The van der Waals surface area contributed by atoms with Crippen molar-refractivity contribution < 1.29 is 28.2 Å². The zero-order valence-corrected chi connectivity index (χ0v) is 19.1. The summed E-state index contributed by atoms with van der Waals surface area (Å²) < 4.78 is 21.3. The van der Waals surface area contributed by atoms with Crippen LogP contribution in [-0.2, 0) is 16.1 Å². The fraction of sp³-hybridized carbons (Fsp3) is 0.478. The lowest BCUT2D eigenvalue weighted by molar-refractivity contribution is -0.133. The van der Waals surface area contributed by atoms with Crippen molar-refractivity contribution in [2.75, 3.05) is 41.0 Å². The molecule has 0 fully saturated rings. The van der Waals surface area contributed by atoms with Crippen LogP contribution in [0, 0.1) is 6.92 Å². The summed E-state index contributed by atoms with van der Waals surface area (Å²) in [6, 6.07) is 8.48. The Morgan fingerprint density at radius 2 is 1.68 bits per heavy atom. The van der Waals surface area contributed by atoms with Gasteiger partial charge in [0.25, 0.3) is 5.91 Å². The number of nitrogens with zero attached hydrogens (tertiary/aromatic N) is 2. The van der Waals surface area contributed by atoms with Crippen molar-refractivity contribution in [3.05, 3.63) is 47.4 Å². The lowest BCUT2D eigenvalue weighted by Gasteiger charge is -2.30. The van der Waals surface area contributed by atoms with Gasteiger partial charge >= 0.3 is 0 Å². The summed E-state index contributed by atoms with van der Waals surface area (Å²) in [5.41, 5.74) is 0.391. The molecule has 0 saturated carbocycles. The van der Waals surface area contributed by atoms with Gasteiger partial charge in [0.05, 0.1) is 27.4 Å². The van der Waals surface area contributed by atoms with E-state index in [-0.39, 0.29) is 24.4 Å². The molecule has 2 amide bonds. The average molecular weight is 433 g/mol. The summed E-state index contributed by atoms with van der Waals surface area (Å²) in [4.78, 5) is 29.6.